The Kier molecular flexibility index (Phi) is 5.70. The van der Waals surface area contributed by atoms with E-state index < -0.39 is 6.09 Å². The van der Waals surface area contributed by atoms with Crippen LogP contribution >= 0.6 is 0 Å². The lowest BCUT2D eigenvalue weighted by atomic mass is 10.0. The lowest BCUT2D eigenvalue weighted by molar-refractivity contribution is 0.177. The van der Waals surface area contributed by atoms with Crippen LogP contribution < -0.4 is 15.0 Å². The number of aromatic nitrogens is 4. The summed E-state index contributed by atoms with van der Waals surface area (Å²) in [7, 11) is 1.60. The SMILES string of the molecule is COc1cccc(-c2noc(C(C)Nc3nccc(N4C(=O)OCC4C(C)C)n3)n2)c1. The highest BCUT2D eigenvalue weighted by molar-refractivity contribution is 5.89. The second-order valence-electron chi connectivity index (χ2n) is 7.55. The zero-order chi connectivity index (χ0) is 22.0. The van der Waals surface area contributed by atoms with Gasteiger partial charge in [0.05, 0.1) is 13.2 Å². The molecule has 162 valence electrons. The maximum absolute atomic E-state index is 12.2. The molecule has 4 rings (SSSR count). The monoisotopic (exact) mass is 424 g/mol. The Morgan fingerprint density at radius 1 is 1.23 bits per heavy atom. The first-order chi connectivity index (χ1) is 15.0. The molecule has 2 atom stereocenters. The summed E-state index contributed by atoms with van der Waals surface area (Å²) >= 11 is 0. The molecule has 0 spiro atoms. The molecular weight excluding hydrogens is 400 g/mol. The van der Waals surface area contributed by atoms with E-state index in [2.05, 4.69) is 25.4 Å². The van der Waals surface area contributed by atoms with Crippen LogP contribution in [0.1, 0.15) is 32.7 Å². The van der Waals surface area contributed by atoms with E-state index in [1.807, 2.05) is 45.0 Å². The van der Waals surface area contributed by atoms with Crippen LogP contribution in [0.3, 0.4) is 0 Å². The molecule has 1 aromatic carbocycles. The molecule has 2 aromatic heterocycles. The Bertz CT molecular complexity index is 1070. The molecular formula is C21H24N6O4. The van der Waals surface area contributed by atoms with Gasteiger partial charge in [-0.25, -0.2) is 9.78 Å². The van der Waals surface area contributed by atoms with Gasteiger partial charge in [-0.2, -0.15) is 9.97 Å². The number of nitrogens with zero attached hydrogens (tertiary/aromatic N) is 5. The number of hydrogen-bond acceptors (Lipinski definition) is 9. The smallest absolute Gasteiger partial charge is 0.415 e. The highest BCUT2D eigenvalue weighted by Gasteiger charge is 2.37. The third-order valence-corrected chi connectivity index (χ3v) is 5.05. The van der Waals surface area contributed by atoms with E-state index >= 15 is 0 Å². The second-order valence-corrected chi connectivity index (χ2v) is 7.55. The van der Waals surface area contributed by atoms with Crippen LogP contribution in [0.25, 0.3) is 11.4 Å². The topological polar surface area (TPSA) is 116 Å². The lowest BCUT2D eigenvalue weighted by Gasteiger charge is -2.23. The van der Waals surface area contributed by atoms with Crippen LogP contribution in [0.5, 0.6) is 5.75 Å². The minimum Gasteiger partial charge on any atom is -0.497 e. The molecule has 2 unspecified atom stereocenters. The number of rotatable bonds is 7. The van der Waals surface area contributed by atoms with E-state index in [0.717, 1.165) is 5.56 Å². The van der Waals surface area contributed by atoms with Crippen molar-refractivity contribution < 1.29 is 18.8 Å². The number of amides is 1. The number of carbonyl (C=O) groups is 1. The molecule has 10 nitrogen and oxygen atoms in total. The van der Waals surface area contributed by atoms with E-state index in [1.165, 1.54) is 0 Å². The van der Waals surface area contributed by atoms with Gasteiger partial charge in [-0.1, -0.05) is 31.1 Å². The minimum absolute atomic E-state index is 0.0750. The van der Waals surface area contributed by atoms with Crippen molar-refractivity contribution >= 4 is 17.9 Å². The van der Waals surface area contributed by atoms with Gasteiger partial charge in [-0.05, 0) is 31.0 Å². The predicted octanol–water partition coefficient (Wildman–Crippen LogP) is 3.69. The van der Waals surface area contributed by atoms with Gasteiger partial charge in [0.1, 0.15) is 24.2 Å². The third-order valence-electron chi connectivity index (χ3n) is 5.05. The van der Waals surface area contributed by atoms with E-state index in [-0.39, 0.29) is 18.0 Å². The van der Waals surface area contributed by atoms with Gasteiger partial charge in [0.15, 0.2) is 0 Å². The molecule has 1 N–H and O–H groups in total. The number of ether oxygens (including phenoxy) is 2. The molecule has 10 heteroatoms. The number of anilines is 2. The molecule has 1 fully saturated rings. The van der Waals surface area contributed by atoms with Crippen LogP contribution in [0.15, 0.2) is 41.1 Å². The molecule has 3 aromatic rings. The Morgan fingerprint density at radius 2 is 2.06 bits per heavy atom. The Morgan fingerprint density at radius 3 is 2.84 bits per heavy atom. The van der Waals surface area contributed by atoms with Crippen molar-refractivity contribution in [1.29, 1.82) is 0 Å². The van der Waals surface area contributed by atoms with E-state index in [4.69, 9.17) is 14.0 Å². The lowest BCUT2D eigenvalue weighted by Crippen LogP contribution is -2.37. The molecule has 31 heavy (non-hydrogen) atoms. The summed E-state index contributed by atoms with van der Waals surface area (Å²) in [6, 6.07) is 8.67. The van der Waals surface area contributed by atoms with Gasteiger partial charge in [0.25, 0.3) is 0 Å². The average molecular weight is 424 g/mol. The largest absolute Gasteiger partial charge is 0.497 e. The Labute approximate surface area is 179 Å². The number of nitrogens with one attached hydrogen (secondary N) is 1. The zero-order valence-corrected chi connectivity index (χ0v) is 17.8. The number of hydrogen-bond donors (Lipinski definition) is 1. The highest BCUT2D eigenvalue weighted by atomic mass is 16.6. The zero-order valence-electron chi connectivity index (χ0n) is 17.8. The summed E-state index contributed by atoms with van der Waals surface area (Å²) in [6.45, 7) is 6.28. The van der Waals surface area contributed by atoms with Crippen molar-refractivity contribution in [1.82, 2.24) is 20.1 Å². The fraction of sp³-hybridized carbons (Fsp3) is 0.381. The van der Waals surface area contributed by atoms with Crippen molar-refractivity contribution in [3.63, 3.8) is 0 Å². The molecule has 0 bridgehead atoms. The Hall–Kier alpha value is -3.69. The first-order valence-electron chi connectivity index (χ1n) is 10.00. The number of carbonyl (C=O) groups excluding carboxylic acids is 1. The van der Waals surface area contributed by atoms with Crippen LogP contribution in [0.2, 0.25) is 0 Å². The quantitative estimate of drug-likeness (QED) is 0.606. The van der Waals surface area contributed by atoms with Gasteiger partial charge in [-0.3, -0.25) is 4.90 Å². The van der Waals surface area contributed by atoms with E-state index in [0.29, 0.717) is 35.8 Å². The molecule has 0 radical (unpaired) electrons. The highest BCUT2D eigenvalue weighted by Crippen LogP contribution is 2.27. The molecule has 1 aliphatic rings. The van der Waals surface area contributed by atoms with Gasteiger partial charge in [-0.15, -0.1) is 0 Å². The van der Waals surface area contributed by atoms with Crippen LogP contribution in [0.4, 0.5) is 16.6 Å². The average Bonchev–Trinajstić information content (AvgIpc) is 3.41. The molecule has 3 heterocycles. The van der Waals surface area contributed by atoms with Gasteiger partial charge >= 0.3 is 6.09 Å². The van der Waals surface area contributed by atoms with Crippen molar-refractivity contribution in [2.45, 2.75) is 32.9 Å². The summed E-state index contributed by atoms with van der Waals surface area (Å²) in [5.41, 5.74) is 0.784. The van der Waals surface area contributed by atoms with Crippen molar-refractivity contribution in [3.05, 3.63) is 42.4 Å². The predicted molar refractivity (Wildman–Crippen MR) is 113 cm³/mol. The first kappa shape index (κ1) is 20.6. The van der Waals surface area contributed by atoms with Crippen LogP contribution in [0, 0.1) is 5.92 Å². The number of benzene rings is 1. The van der Waals surface area contributed by atoms with E-state index in [1.54, 1.807) is 24.3 Å². The number of cyclic esters (lactones) is 1. The summed E-state index contributed by atoms with van der Waals surface area (Å²) in [5, 5.41) is 7.20. The summed E-state index contributed by atoms with van der Waals surface area (Å²) < 4.78 is 15.9. The maximum Gasteiger partial charge on any atom is 0.415 e. The van der Waals surface area contributed by atoms with E-state index in [9.17, 15) is 4.79 Å². The number of methoxy groups -OCH3 is 1. The summed E-state index contributed by atoms with van der Waals surface area (Å²) in [5.74, 6) is 2.59. The molecule has 1 saturated heterocycles. The second kappa shape index (κ2) is 8.58. The molecule has 1 aliphatic heterocycles. The molecule has 0 saturated carbocycles. The summed E-state index contributed by atoms with van der Waals surface area (Å²) in [6.07, 6.45) is 1.19. The Balaban J connectivity index is 1.51. The molecule has 1 amide bonds. The fourth-order valence-corrected chi connectivity index (χ4v) is 3.29. The van der Waals surface area contributed by atoms with Crippen molar-refractivity contribution in [3.8, 4) is 17.1 Å². The normalized spacial score (nSPS) is 17.0. The standard InChI is InChI=1S/C21H24N6O4/c1-12(2)16-11-30-21(28)27(16)17-8-9-22-20(24-17)23-13(3)19-25-18(26-31-19)14-6-5-7-15(10-14)29-4/h5-10,12-13,16H,11H2,1-4H3,(H,22,23,24). The van der Waals surface area contributed by atoms with Crippen molar-refractivity contribution in [2.24, 2.45) is 5.92 Å². The van der Waals surface area contributed by atoms with Crippen molar-refractivity contribution in [2.75, 3.05) is 23.9 Å². The van der Waals surface area contributed by atoms with Crippen LogP contribution in [-0.4, -0.2) is 46.0 Å². The maximum atomic E-state index is 12.2. The van der Waals surface area contributed by atoms with Gasteiger partial charge in [0, 0.05) is 11.8 Å². The first-order valence-corrected chi connectivity index (χ1v) is 10.00. The van der Waals surface area contributed by atoms with Gasteiger partial charge in [0.2, 0.25) is 17.7 Å². The fourth-order valence-electron chi connectivity index (χ4n) is 3.29. The third kappa shape index (κ3) is 4.27. The summed E-state index contributed by atoms with van der Waals surface area (Å²) in [4.78, 5) is 27.0. The van der Waals surface area contributed by atoms with Crippen LogP contribution in [-0.2, 0) is 4.74 Å². The van der Waals surface area contributed by atoms with Gasteiger partial charge < -0.3 is 19.3 Å². The minimum atomic E-state index is -0.406. The molecule has 0 aliphatic carbocycles.